The number of hydrazine groups is 1. The number of hydrogen-bond donors (Lipinski definition) is 2. The average Bonchev–Trinajstić information content (AvgIpc) is 2.26. The fourth-order valence-electron chi connectivity index (χ4n) is 1.43. The van der Waals surface area contributed by atoms with Gasteiger partial charge in [0.1, 0.15) is 5.82 Å². The number of hydrogen-bond acceptors (Lipinski definition) is 3. The molecular weight excluding hydrogens is 243 g/mol. The van der Waals surface area contributed by atoms with Crippen molar-refractivity contribution in [3.8, 4) is 0 Å². The Labute approximate surface area is 106 Å². The van der Waals surface area contributed by atoms with Crippen LogP contribution in [0.1, 0.15) is 19.4 Å². The molecule has 0 heterocycles. The minimum absolute atomic E-state index is 0.118. The quantitative estimate of drug-likeness (QED) is 0.609. The Kier molecular flexibility index (Phi) is 5.85. The minimum atomic E-state index is -0.317. The molecule has 0 saturated heterocycles. The number of halogens is 2. The number of benzene rings is 1. The lowest BCUT2D eigenvalue weighted by atomic mass is 10.1. The van der Waals surface area contributed by atoms with Gasteiger partial charge in [-0.15, -0.1) is 0 Å². The van der Waals surface area contributed by atoms with E-state index in [4.69, 9.17) is 22.2 Å². The van der Waals surface area contributed by atoms with Gasteiger partial charge in [0.15, 0.2) is 0 Å². The van der Waals surface area contributed by atoms with E-state index in [1.807, 2.05) is 13.8 Å². The second-order valence-electron chi connectivity index (χ2n) is 4.19. The molecule has 3 N–H and O–H groups in total. The van der Waals surface area contributed by atoms with E-state index in [2.05, 4.69) is 5.43 Å². The highest BCUT2D eigenvalue weighted by Gasteiger charge is 2.12. The summed E-state index contributed by atoms with van der Waals surface area (Å²) in [5.41, 5.74) is 3.20. The molecule has 1 aromatic carbocycles. The van der Waals surface area contributed by atoms with E-state index in [0.29, 0.717) is 23.6 Å². The van der Waals surface area contributed by atoms with Crippen molar-refractivity contribution < 1.29 is 9.13 Å². The molecule has 1 atom stereocenters. The molecule has 1 aromatic rings. The van der Waals surface area contributed by atoms with Gasteiger partial charge < -0.3 is 4.74 Å². The smallest absolute Gasteiger partial charge is 0.127 e. The second-order valence-corrected chi connectivity index (χ2v) is 4.62. The first kappa shape index (κ1) is 14.4. The lowest BCUT2D eigenvalue weighted by Gasteiger charge is -2.18. The highest BCUT2D eigenvalue weighted by atomic mass is 35.5. The topological polar surface area (TPSA) is 47.3 Å². The van der Waals surface area contributed by atoms with E-state index in [-0.39, 0.29) is 18.0 Å². The maximum Gasteiger partial charge on any atom is 0.127 e. The maximum atomic E-state index is 13.6. The van der Waals surface area contributed by atoms with Gasteiger partial charge in [-0.25, -0.2) is 4.39 Å². The Morgan fingerprint density at radius 3 is 2.71 bits per heavy atom. The van der Waals surface area contributed by atoms with Crippen LogP contribution in [0, 0.1) is 5.82 Å². The van der Waals surface area contributed by atoms with Crippen LogP contribution in [0.2, 0.25) is 5.02 Å². The van der Waals surface area contributed by atoms with Crippen molar-refractivity contribution in [1.82, 2.24) is 5.43 Å². The van der Waals surface area contributed by atoms with E-state index < -0.39 is 0 Å². The predicted octanol–water partition coefficient (Wildman–Crippen LogP) is 2.28. The van der Waals surface area contributed by atoms with Gasteiger partial charge in [-0.05, 0) is 38.0 Å². The fourth-order valence-corrected chi connectivity index (χ4v) is 1.59. The molecule has 1 rings (SSSR count). The summed E-state index contributed by atoms with van der Waals surface area (Å²) in [5, 5.41) is 0.391. The Balaban J connectivity index is 2.60. The molecule has 0 aromatic heterocycles. The molecule has 0 spiro atoms. The van der Waals surface area contributed by atoms with Gasteiger partial charge in [0.25, 0.3) is 0 Å². The van der Waals surface area contributed by atoms with Crippen LogP contribution >= 0.6 is 11.6 Å². The van der Waals surface area contributed by atoms with Crippen molar-refractivity contribution in [3.05, 3.63) is 34.6 Å². The molecular formula is C12H18ClFN2O. The van der Waals surface area contributed by atoms with E-state index in [1.165, 1.54) is 6.07 Å². The SMILES string of the molecule is CC(C)OCC(Cc1ccc(Cl)cc1F)NN. The first-order valence-corrected chi connectivity index (χ1v) is 5.92. The molecule has 0 aliphatic heterocycles. The monoisotopic (exact) mass is 260 g/mol. The largest absolute Gasteiger partial charge is 0.377 e. The number of rotatable bonds is 6. The van der Waals surface area contributed by atoms with E-state index in [9.17, 15) is 4.39 Å². The highest BCUT2D eigenvalue weighted by Crippen LogP contribution is 2.16. The summed E-state index contributed by atoms with van der Waals surface area (Å²) in [6.45, 7) is 4.32. The molecule has 0 amide bonds. The minimum Gasteiger partial charge on any atom is -0.377 e. The summed E-state index contributed by atoms with van der Waals surface area (Å²) < 4.78 is 19.0. The van der Waals surface area contributed by atoms with Crippen LogP contribution in [-0.4, -0.2) is 18.8 Å². The van der Waals surface area contributed by atoms with Gasteiger partial charge in [-0.3, -0.25) is 11.3 Å². The molecule has 5 heteroatoms. The highest BCUT2D eigenvalue weighted by molar-refractivity contribution is 6.30. The number of nitrogens with two attached hydrogens (primary N) is 1. The zero-order valence-electron chi connectivity index (χ0n) is 10.0. The van der Waals surface area contributed by atoms with Crippen LogP contribution in [0.15, 0.2) is 18.2 Å². The van der Waals surface area contributed by atoms with Crippen LogP contribution < -0.4 is 11.3 Å². The first-order chi connectivity index (χ1) is 8.02. The van der Waals surface area contributed by atoms with E-state index >= 15 is 0 Å². The third kappa shape index (κ3) is 5.00. The van der Waals surface area contributed by atoms with Crippen molar-refractivity contribution in [2.75, 3.05) is 6.61 Å². The molecule has 0 bridgehead atoms. The standard InChI is InChI=1S/C12H18ClFN2O/c1-8(2)17-7-11(16-15)5-9-3-4-10(13)6-12(9)14/h3-4,6,8,11,16H,5,7,15H2,1-2H3. The van der Waals surface area contributed by atoms with Crippen molar-refractivity contribution in [3.63, 3.8) is 0 Å². The van der Waals surface area contributed by atoms with E-state index in [1.54, 1.807) is 12.1 Å². The van der Waals surface area contributed by atoms with Crippen molar-refractivity contribution in [1.29, 1.82) is 0 Å². The Morgan fingerprint density at radius 1 is 1.47 bits per heavy atom. The predicted molar refractivity (Wildman–Crippen MR) is 67.3 cm³/mol. The van der Waals surface area contributed by atoms with Crippen LogP contribution in [0.25, 0.3) is 0 Å². The zero-order valence-corrected chi connectivity index (χ0v) is 10.8. The summed E-state index contributed by atoms with van der Waals surface area (Å²) in [4.78, 5) is 0. The van der Waals surface area contributed by atoms with Gasteiger partial charge in [-0.2, -0.15) is 0 Å². The third-order valence-corrected chi connectivity index (χ3v) is 2.58. The molecule has 1 unspecified atom stereocenters. The molecule has 17 heavy (non-hydrogen) atoms. The second kappa shape index (κ2) is 6.91. The van der Waals surface area contributed by atoms with Crippen molar-refractivity contribution >= 4 is 11.6 Å². The van der Waals surface area contributed by atoms with Gasteiger partial charge in [-0.1, -0.05) is 17.7 Å². The summed E-state index contributed by atoms with van der Waals surface area (Å²) in [6.07, 6.45) is 0.590. The van der Waals surface area contributed by atoms with Crippen LogP contribution in [-0.2, 0) is 11.2 Å². The Morgan fingerprint density at radius 2 is 2.18 bits per heavy atom. The lowest BCUT2D eigenvalue weighted by Crippen LogP contribution is -2.41. The van der Waals surface area contributed by atoms with Crippen LogP contribution in [0.5, 0.6) is 0 Å². The number of ether oxygens (including phenoxy) is 1. The molecule has 3 nitrogen and oxygen atoms in total. The summed E-state index contributed by atoms with van der Waals surface area (Å²) in [6, 6.07) is 4.51. The van der Waals surface area contributed by atoms with Crippen LogP contribution in [0.3, 0.4) is 0 Å². The summed E-state index contributed by atoms with van der Waals surface area (Å²) in [5.74, 6) is 5.09. The average molecular weight is 261 g/mol. The van der Waals surface area contributed by atoms with Crippen molar-refractivity contribution in [2.24, 2.45) is 5.84 Å². The first-order valence-electron chi connectivity index (χ1n) is 5.54. The van der Waals surface area contributed by atoms with Gasteiger partial charge in [0.05, 0.1) is 12.7 Å². The van der Waals surface area contributed by atoms with Crippen LogP contribution in [0.4, 0.5) is 4.39 Å². The van der Waals surface area contributed by atoms with Gasteiger partial charge in [0, 0.05) is 11.1 Å². The molecule has 0 fully saturated rings. The molecule has 0 aliphatic carbocycles. The molecule has 0 saturated carbocycles. The number of nitrogens with one attached hydrogen (secondary N) is 1. The molecule has 0 aliphatic rings. The van der Waals surface area contributed by atoms with Gasteiger partial charge >= 0.3 is 0 Å². The Hall–Kier alpha value is -0.680. The third-order valence-electron chi connectivity index (χ3n) is 2.35. The zero-order chi connectivity index (χ0) is 12.8. The summed E-state index contributed by atoms with van der Waals surface area (Å²) in [7, 11) is 0. The lowest BCUT2D eigenvalue weighted by molar-refractivity contribution is 0.0611. The summed E-state index contributed by atoms with van der Waals surface area (Å²) >= 11 is 5.69. The fraction of sp³-hybridized carbons (Fsp3) is 0.500. The molecule has 0 radical (unpaired) electrons. The van der Waals surface area contributed by atoms with Gasteiger partial charge in [0.2, 0.25) is 0 Å². The molecule has 96 valence electrons. The van der Waals surface area contributed by atoms with Crippen molar-refractivity contribution in [2.45, 2.75) is 32.4 Å². The Bertz CT molecular complexity index is 360. The maximum absolute atomic E-state index is 13.6. The normalized spacial score (nSPS) is 13.1. The van der Waals surface area contributed by atoms with E-state index in [0.717, 1.165) is 0 Å².